The van der Waals surface area contributed by atoms with E-state index in [1.807, 2.05) is 6.92 Å². The van der Waals surface area contributed by atoms with Gasteiger partial charge in [0.1, 0.15) is 12.4 Å². The van der Waals surface area contributed by atoms with Crippen molar-refractivity contribution >= 4 is 23.6 Å². The third-order valence-corrected chi connectivity index (χ3v) is 6.07. The van der Waals surface area contributed by atoms with E-state index in [0.717, 1.165) is 12.8 Å². The molecule has 0 aromatic carbocycles. The molecule has 1 saturated heterocycles. The average Bonchev–Trinajstić information content (AvgIpc) is 3.50. The molecule has 0 aromatic heterocycles. The van der Waals surface area contributed by atoms with Gasteiger partial charge in [0.2, 0.25) is 5.91 Å². The van der Waals surface area contributed by atoms with Crippen LogP contribution in [-0.2, 0) is 23.9 Å². The summed E-state index contributed by atoms with van der Waals surface area (Å²) < 4.78 is 5.44. The van der Waals surface area contributed by atoms with E-state index in [4.69, 9.17) is 15.4 Å². The molecule has 0 aromatic rings. The zero-order valence-electron chi connectivity index (χ0n) is 18.7. The zero-order valence-corrected chi connectivity index (χ0v) is 18.7. The van der Waals surface area contributed by atoms with Crippen LogP contribution in [0.4, 0.5) is 0 Å². The van der Waals surface area contributed by atoms with Crippen LogP contribution in [0.15, 0.2) is 5.11 Å². The summed E-state index contributed by atoms with van der Waals surface area (Å²) in [6, 6.07) is -0.368. The number of rotatable bonds is 14. The summed E-state index contributed by atoms with van der Waals surface area (Å²) in [5.74, 6) is -1.23. The Hall–Kier alpha value is -2.65. The van der Waals surface area contributed by atoms with Crippen LogP contribution in [0, 0.1) is 5.41 Å². The van der Waals surface area contributed by atoms with Crippen molar-refractivity contribution in [3.8, 4) is 0 Å². The summed E-state index contributed by atoms with van der Waals surface area (Å²) in [6.45, 7) is 3.21. The van der Waals surface area contributed by atoms with Crippen LogP contribution in [0.1, 0.15) is 58.3 Å². The number of Topliss-reactive ketones (excluding diaryl/α,β-unsaturated/α-hetero) is 1. The molecule has 1 heterocycles. The van der Waals surface area contributed by atoms with Gasteiger partial charge < -0.3 is 14.7 Å². The Kier molecular flexibility index (Phi) is 9.93. The molecule has 2 fully saturated rings. The SMILES string of the molecule is CC1(C(=O)OCC2CN(C(=O)CCCC(=O)CCCCN=[N+]=[N-])CCN2CC(=O)O)CC1. The molecule has 1 saturated carbocycles. The van der Waals surface area contributed by atoms with Crippen LogP contribution >= 0.6 is 0 Å². The predicted molar refractivity (Wildman–Crippen MR) is 115 cm³/mol. The molecule has 178 valence electrons. The summed E-state index contributed by atoms with van der Waals surface area (Å²) >= 11 is 0. The summed E-state index contributed by atoms with van der Waals surface area (Å²) in [7, 11) is 0. The predicted octanol–water partition coefficient (Wildman–Crippen LogP) is 2.15. The van der Waals surface area contributed by atoms with E-state index in [0.29, 0.717) is 58.3 Å². The number of azide groups is 1. The quantitative estimate of drug-likeness (QED) is 0.140. The van der Waals surface area contributed by atoms with Crippen LogP contribution in [0.25, 0.3) is 10.4 Å². The van der Waals surface area contributed by atoms with E-state index in [9.17, 15) is 19.2 Å². The number of aliphatic carboxylic acids is 1. The van der Waals surface area contributed by atoms with E-state index >= 15 is 0 Å². The molecule has 32 heavy (non-hydrogen) atoms. The molecule has 1 unspecified atom stereocenters. The van der Waals surface area contributed by atoms with E-state index < -0.39 is 11.4 Å². The highest BCUT2D eigenvalue weighted by molar-refractivity contribution is 5.80. The normalized spacial score (nSPS) is 19.7. The van der Waals surface area contributed by atoms with Crippen LogP contribution in [0.3, 0.4) is 0 Å². The van der Waals surface area contributed by atoms with Gasteiger partial charge in [0.25, 0.3) is 0 Å². The van der Waals surface area contributed by atoms with Gasteiger partial charge in [-0.05, 0) is 44.6 Å². The first-order valence-corrected chi connectivity index (χ1v) is 11.2. The lowest BCUT2D eigenvalue weighted by Crippen LogP contribution is -2.57. The van der Waals surface area contributed by atoms with Gasteiger partial charge in [-0.2, -0.15) is 0 Å². The van der Waals surface area contributed by atoms with Gasteiger partial charge in [-0.15, -0.1) is 0 Å². The zero-order chi connectivity index (χ0) is 23.6. The lowest BCUT2D eigenvalue weighted by atomic mass is 10.1. The molecule has 11 nitrogen and oxygen atoms in total. The third-order valence-electron chi connectivity index (χ3n) is 6.07. The number of ether oxygens (including phenoxy) is 1. The van der Waals surface area contributed by atoms with Gasteiger partial charge in [-0.3, -0.25) is 24.1 Å². The average molecular weight is 452 g/mol. The van der Waals surface area contributed by atoms with Crippen LogP contribution in [-0.4, -0.2) is 83.9 Å². The maximum atomic E-state index is 12.6. The number of amides is 1. The Bertz CT molecular complexity index is 747. The molecular weight excluding hydrogens is 418 g/mol. The highest BCUT2D eigenvalue weighted by atomic mass is 16.5. The first kappa shape index (κ1) is 25.6. The van der Waals surface area contributed by atoms with Gasteiger partial charge in [0.15, 0.2) is 0 Å². The number of piperazine rings is 1. The molecule has 1 atom stereocenters. The summed E-state index contributed by atoms with van der Waals surface area (Å²) in [4.78, 5) is 53.9. The van der Waals surface area contributed by atoms with E-state index in [1.165, 1.54) is 0 Å². The lowest BCUT2D eigenvalue weighted by Gasteiger charge is -2.40. The van der Waals surface area contributed by atoms with Crippen molar-refractivity contribution in [1.29, 1.82) is 0 Å². The largest absolute Gasteiger partial charge is 0.480 e. The number of esters is 1. The number of nitrogens with zero attached hydrogens (tertiary/aromatic N) is 5. The number of unbranched alkanes of at least 4 members (excludes halogenated alkanes) is 1. The number of carbonyl (C=O) groups excluding carboxylic acids is 3. The van der Waals surface area contributed by atoms with Gasteiger partial charge in [-0.25, -0.2) is 0 Å². The molecule has 0 radical (unpaired) electrons. The fourth-order valence-electron chi connectivity index (χ4n) is 3.67. The number of ketones is 1. The Morgan fingerprint density at radius 3 is 2.50 bits per heavy atom. The maximum absolute atomic E-state index is 12.6. The molecule has 2 rings (SSSR count). The van der Waals surface area contributed by atoms with E-state index in [-0.39, 0.29) is 43.3 Å². The molecule has 0 spiro atoms. The van der Waals surface area contributed by atoms with Crippen LogP contribution in [0.5, 0.6) is 0 Å². The van der Waals surface area contributed by atoms with Crippen molar-refractivity contribution in [3.63, 3.8) is 0 Å². The van der Waals surface area contributed by atoms with Crippen molar-refractivity contribution in [2.45, 2.75) is 64.3 Å². The topological polar surface area (TPSA) is 153 Å². The Labute approximate surface area is 187 Å². The Balaban J connectivity index is 1.75. The van der Waals surface area contributed by atoms with Crippen LogP contribution < -0.4 is 0 Å². The minimum atomic E-state index is -0.965. The third kappa shape index (κ3) is 8.47. The summed E-state index contributed by atoms with van der Waals surface area (Å²) in [5, 5.41) is 12.6. The number of carboxylic acids is 1. The van der Waals surface area contributed by atoms with Crippen molar-refractivity contribution in [2.24, 2.45) is 10.5 Å². The number of hydrogen-bond donors (Lipinski definition) is 1. The highest BCUT2D eigenvalue weighted by Crippen LogP contribution is 2.46. The highest BCUT2D eigenvalue weighted by Gasteiger charge is 2.47. The molecule has 1 N–H and O–H groups in total. The number of carboxylic acid groups (broad SMARTS) is 1. The first-order chi connectivity index (χ1) is 15.2. The summed E-state index contributed by atoms with van der Waals surface area (Å²) in [5.41, 5.74) is 7.79. The molecule has 1 amide bonds. The van der Waals surface area contributed by atoms with E-state index in [1.54, 1.807) is 9.80 Å². The standard InChI is InChI=1S/C21H33N5O6/c1-21(8-9-21)20(31)32-15-16-13-26(12-11-25(16)14-19(29)30)18(28)7-4-6-17(27)5-2-3-10-23-24-22/h16H,2-15H2,1H3,(H,29,30). The Morgan fingerprint density at radius 2 is 1.84 bits per heavy atom. The molecular formula is C21H33N5O6. The fourth-order valence-corrected chi connectivity index (χ4v) is 3.67. The smallest absolute Gasteiger partial charge is 0.317 e. The molecule has 1 aliphatic carbocycles. The van der Waals surface area contributed by atoms with Gasteiger partial charge in [0.05, 0.1) is 18.0 Å². The monoisotopic (exact) mass is 451 g/mol. The second-order valence-electron chi connectivity index (χ2n) is 8.82. The minimum absolute atomic E-state index is 0.0554. The molecule has 11 heteroatoms. The number of carbonyl (C=O) groups is 4. The molecule has 1 aliphatic heterocycles. The van der Waals surface area contributed by atoms with Gasteiger partial charge in [-0.1, -0.05) is 5.11 Å². The molecule has 0 bridgehead atoms. The maximum Gasteiger partial charge on any atom is 0.317 e. The summed E-state index contributed by atoms with van der Waals surface area (Å²) in [6.07, 6.45) is 4.37. The Morgan fingerprint density at radius 1 is 1.12 bits per heavy atom. The lowest BCUT2D eigenvalue weighted by molar-refractivity contribution is -0.153. The van der Waals surface area contributed by atoms with Crippen LogP contribution in [0.2, 0.25) is 0 Å². The second-order valence-corrected chi connectivity index (χ2v) is 8.82. The minimum Gasteiger partial charge on any atom is -0.480 e. The fraction of sp³-hybridized carbons (Fsp3) is 0.810. The first-order valence-electron chi connectivity index (χ1n) is 11.2. The second kappa shape index (κ2) is 12.4. The van der Waals surface area contributed by atoms with Crippen molar-refractivity contribution in [1.82, 2.24) is 9.80 Å². The molecule has 2 aliphatic rings. The van der Waals surface area contributed by atoms with Gasteiger partial charge in [0, 0.05) is 50.4 Å². The van der Waals surface area contributed by atoms with Crippen molar-refractivity contribution in [3.05, 3.63) is 10.4 Å². The van der Waals surface area contributed by atoms with Gasteiger partial charge >= 0.3 is 11.9 Å². The van der Waals surface area contributed by atoms with E-state index in [2.05, 4.69) is 10.0 Å². The number of hydrogen-bond acceptors (Lipinski definition) is 7. The van der Waals surface area contributed by atoms with Crippen molar-refractivity contribution in [2.75, 3.05) is 39.3 Å². The van der Waals surface area contributed by atoms with Crippen molar-refractivity contribution < 1.29 is 29.0 Å².